The smallest absolute Gasteiger partial charge is 0.272 e. The van der Waals surface area contributed by atoms with E-state index in [2.05, 4.69) is 10.1 Å². The highest BCUT2D eigenvalue weighted by Gasteiger charge is 2.27. The van der Waals surface area contributed by atoms with E-state index in [9.17, 15) is 4.79 Å². The Labute approximate surface area is 146 Å². The van der Waals surface area contributed by atoms with Gasteiger partial charge < -0.3 is 9.64 Å². The lowest BCUT2D eigenvalue weighted by Crippen LogP contribution is -2.42. The number of ether oxygens (including phenoxy) is 1. The maximum atomic E-state index is 13.0. The molecule has 0 saturated carbocycles. The summed E-state index contributed by atoms with van der Waals surface area (Å²) in [5, 5.41) is 4.39. The van der Waals surface area contributed by atoms with E-state index in [4.69, 9.17) is 4.74 Å². The van der Waals surface area contributed by atoms with E-state index in [0.717, 1.165) is 17.0 Å². The first-order valence-electron chi connectivity index (χ1n) is 8.41. The summed E-state index contributed by atoms with van der Waals surface area (Å²) in [6, 6.07) is 13.7. The van der Waals surface area contributed by atoms with E-state index in [1.807, 2.05) is 55.1 Å². The van der Waals surface area contributed by atoms with E-state index in [-0.39, 0.29) is 12.0 Å². The molecule has 1 fully saturated rings. The van der Waals surface area contributed by atoms with Gasteiger partial charge in [-0.1, -0.05) is 30.3 Å². The van der Waals surface area contributed by atoms with E-state index in [1.165, 1.54) is 0 Å². The van der Waals surface area contributed by atoms with Crippen molar-refractivity contribution in [2.75, 3.05) is 19.7 Å². The van der Waals surface area contributed by atoms with E-state index in [1.54, 1.807) is 10.6 Å². The van der Waals surface area contributed by atoms with Crippen molar-refractivity contribution in [2.24, 2.45) is 0 Å². The van der Waals surface area contributed by atoms with Crippen LogP contribution < -0.4 is 0 Å². The van der Waals surface area contributed by atoms with Gasteiger partial charge in [0.05, 0.1) is 18.8 Å². The highest BCUT2D eigenvalue weighted by molar-refractivity contribution is 5.93. The van der Waals surface area contributed by atoms with Crippen LogP contribution in [-0.2, 0) is 4.74 Å². The Morgan fingerprint density at radius 2 is 2.00 bits per heavy atom. The monoisotopic (exact) mass is 336 g/mol. The van der Waals surface area contributed by atoms with Crippen LogP contribution in [0.4, 0.5) is 0 Å². The fourth-order valence-corrected chi connectivity index (χ4v) is 3.21. The third-order valence-corrected chi connectivity index (χ3v) is 4.47. The number of aryl methyl sites for hydroxylation is 2. The van der Waals surface area contributed by atoms with Gasteiger partial charge in [-0.25, -0.2) is 9.50 Å². The lowest BCUT2D eigenvalue weighted by Gasteiger charge is -2.33. The Morgan fingerprint density at radius 3 is 2.80 bits per heavy atom. The average molecular weight is 336 g/mol. The van der Waals surface area contributed by atoms with Gasteiger partial charge in [-0.3, -0.25) is 4.79 Å². The summed E-state index contributed by atoms with van der Waals surface area (Å²) in [6.45, 7) is 5.49. The molecular formula is C19H20N4O2. The molecule has 1 aliphatic heterocycles. The van der Waals surface area contributed by atoms with Gasteiger partial charge in [-0.15, -0.1) is 0 Å². The Hall–Kier alpha value is -2.73. The van der Waals surface area contributed by atoms with Gasteiger partial charge in [0.25, 0.3) is 5.91 Å². The van der Waals surface area contributed by atoms with Crippen LogP contribution >= 0.6 is 0 Å². The van der Waals surface area contributed by atoms with Crippen LogP contribution in [0.1, 0.15) is 33.5 Å². The maximum Gasteiger partial charge on any atom is 0.272 e. The molecule has 6 heteroatoms. The molecule has 6 nitrogen and oxygen atoms in total. The Kier molecular flexibility index (Phi) is 3.97. The van der Waals surface area contributed by atoms with Gasteiger partial charge in [-0.2, -0.15) is 5.10 Å². The van der Waals surface area contributed by atoms with E-state index >= 15 is 0 Å². The Bertz CT molecular complexity index is 920. The van der Waals surface area contributed by atoms with Gasteiger partial charge in [0.2, 0.25) is 0 Å². The summed E-state index contributed by atoms with van der Waals surface area (Å²) in [4.78, 5) is 19.3. The average Bonchev–Trinajstić information content (AvgIpc) is 3.03. The van der Waals surface area contributed by atoms with E-state index < -0.39 is 0 Å². The van der Waals surface area contributed by atoms with Crippen LogP contribution in [0.5, 0.6) is 0 Å². The number of rotatable bonds is 2. The number of aromatic nitrogens is 3. The molecule has 128 valence electrons. The number of nitrogens with zero attached hydrogens (tertiary/aromatic N) is 4. The molecule has 3 heterocycles. The fraction of sp³-hybridized carbons (Fsp3) is 0.316. The third kappa shape index (κ3) is 3.00. The largest absolute Gasteiger partial charge is 0.370 e. The van der Waals surface area contributed by atoms with Crippen molar-refractivity contribution < 1.29 is 9.53 Å². The Morgan fingerprint density at radius 1 is 1.20 bits per heavy atom. The second kappa shape index (κ2) is 6.29. The van der Waals surface area contributed by atoms with Crippen molar-refractivity contribution in [1.82, 2.24) is 19.5 Å². The van der Waals surface area contributed by atoms with Crippen LogP contribution in [0.3, 0.4) is 0 Å². The lowest BCUT2D eigenvalue weighted by molar-refractivity contribution is -0.0230. The first-order valence-corrected chi connectivity index (χ1v) is 8.41. The first-order chi connectivity index (χ1) is 12.1. The van der Waals surface area contributed by atoms with Crippen LogP contribution in [0.2, 0.25) is 0 Å². The molecule has 0 N–H and O–H groups in total. The molecule has 1 aromatic carbocycles. The zero-order valence-corrected chi connectivity index (χ0v) is 14.3. The number of carbonyl (C=O) groups is 1. The summed E-state index contributed by atoms with van der Waals surface area (Å²) >= 11 is 0. The van der Waals surface area contributed by atoms with Crippen molar-refractivity contribution in [3.8, 4) is 0 Å². The molecule has 1 atom stereocenters. The quantitative estimate of drug-likeness (QED) is 0.722. The molecule has 2 aromatic heterocycles. The first kappa shape index (κ1) is 15.8. The summed E-state index contributed by atoms with van der Waals surface area (Å²) in [6.07, 6.45) is -0.0964. The molecule has 3 aromatic rings. The standard InChI is InChI=1S/C19H20N4O2/c1-13-10-18-20-16(11-14(2)23(18)21-13)19(24)22-8-9-25-17(12-22)15-6-4-3-5-7-15/h3-7,10-11,17H,8-9,12H2,1-2H3. The second-order valence-corrected chi connectivity index (χ2v) is 6.36. The van der Waals surface area contributed by atoms with Gasteiger partial charge in [0.15, 0.2) is 5.65 Å². The molecule has 0 radical (unpaired) electrons. The van der Waals surface area contributed by atoms with E-state index in [0.29, 0.717) is 31.0 Å². The number of morpholine rings is 1. The van der Waals surface area contributed by atoms with Crippen LogP contribution in [-0.4, -0.2) is 45.1 Å². The molecule has 1 aliphatic rings. The fourth-order valence-electron chi connectivity index (χ4n) is 3.21. The molecule has 0 spiro atoms. The zero-order valence-electron chi connectivity index (χ0n) is 14.3. The number of hydrogen-bond donors (Lipinski definition) is 0. The van der Waals surface area contributed by atoms with Gasteiger partial charge in [0, 0.05) is 18.3 Å². The minimum absolute atomic E-state index is 0.0614. The molecule has 1 amide bonds. The number of amides is 1. The van der Waals surface area contributed by atoms with Gasteiger partial charge >= 0.3 is 0 Å². The second-order valence-electron chi connectivity index (χ2n) is 6.36. The molecule has 25 heavy (non-hydrogen) atoms. The van der Waals surface area contributed by atoms with Gasteiger partial charge in [-0.05, 0) is 25.5 Å². The van der Waals surface area contributed by atoms with Crippen molar-refractivity contribution in [1.29, 1.82) is 0 Å². The molecule has 0 bridgehead atoms. The van der Waals surface area contributed by atoms with Crippen molar-refractivity contribution in [3.05, 3.63) is 65.1 Å². The topological polar surface area (TPSA) is 59.7 Å². The summed E-state index contributed by atoms with van der Waals surface area (Å²) in [5.41, 5.74) is 4.03. The Balaban J connectivity index is 1.60. The number of benzene rings is 1. The van der Waals surface area contributed by atoms with Crippen LogP contribution in [0.15, 0.2) is 42.5 Å². The summed E-state index contributed by atoms with van der Waals surface area (Å²) < 4.78 is 7.61. The predicted molar refractivity (Wildman–Crippen MR) is 93.5 cm³/mol. The number of hydrogen-bond acceptors (Lipinski definition) is 4. The lowest BCUT2D eigenvalue weighted by atomic mass is 10.1. The highest BCUT2D eigenvalue weighted by Crippen LogP contribution is 2.23. The summed E-state index contributed by atoms with van der Waals surface area (Å²) in [5.74, 6) is -0.0614. The summed E-state index contributed by atoms with van der Waals surface area (Å²) in [7, 11) is 0. The number of carbonyl (C=O) groups excluding carboxylic acids is 1. The molecule has 1 unspecified atom stereocenters. The molecule has 4 rings (SSSR count). The predicted octanol–water partition coefficient (Wildman–Crippen LogP) is 2.56. The highest BCUT2D eigenvalue weighted by atomic mass is 16.5. The molecule has 0 aliphatic carbocycles. The molecule has 1 saturated heterocycles. The van der Waals surface area contributed by atoms with Crippen LogP contribution in [0, 0.1) is 13.8 Å². The van der Waals surface area contributed by atoms with Crippen molar-refractivity contribution in [3.63, 3.8) is 0 Å². The maximum absolute atomic E-state index is 13.0. The van der Waals surface area contributed by atoms with Gasteiger partial charge in [0.1, 0.15) is 11.8 Å². The third-order valence-electron chi connectivity index (χ3n) is 4.47. The zero-order chi connectivity index (χ0) is 17.4. The number of fused-ring (bicyclic) bond motifs is 1. The minimum Gasteiger partial charge on any atom is -0.370 e. The SMILES string of the molecule is Cc1cc2nc(C(=O)N3CCOC(c4ccccc4)C3)cc(C)n2n1. The normalized spacial score (nSPS) is 17.8. The molecular weight excluding hydrogens is 316 g/mol. The minimum atomic E-state index is -0.0964. The van der Waals surface area contributed by atoms with Crippen molar-refractivity contribution in [2.45, 2.75) is 20.0 Å². The van der Waals surface area contributed by atoms with Crippen molar-refractivity contribution >= 4 is 11.6 Å². The van der Waals surface area contributed by atoms with Crippen LogP contribution in [0.25, 0.3) is 5.65 Å².